The van der Waals surface area contributed by atoms with Gasteiger partial charge in [0, 0.05) is 52.6 Å². The number of hydrogen-bond acceptors (Lipinski definition) is 5. The number of rotatable bonds is 8. The van der Waals surface area contributed by atoms with Crippen molar-refractivity contribution < 1.29 is 13.2 Å². The fraction of sp³-hybridized carbons (Fsp3) is 0.435. The number of ether oxygens (including phenoxy) is 1. The van der Waals surface area contributed by atoms with Crippen LogP contribution in [0.3, 0.4) is 0 Å². The Bertz CT molecular complexity index is 939. The molecular formula is C23H32N4O3S. The number of guanidine groups is 1. The van der Waals surface area contributed by atoms with Crippen LogP contribution in [0.25, 0.3) is 0 Å². The van der Waals surface area contributed by atoms with Crippen molar-refractivity contribution in [2.75, 3.05) is 59.2 Å². The molecule has 0 atom stereocenters. The van der Waals surface area contributed by atoms with Gasteiger partial charge >= 0.3 is 0 Å². The minimum atomic E-state index is -3.15. The summed E-state index contributed by atoms with van der Waals surface area (Å²) in [7, 11) is -1.34. The van der Waals surface area contributed by atoms with Gasteiger partial charge in [0.05, 0.1) is 4.90 Å². The summed E-state index contributed by atoms with van der Waals surface area (Å²) >= 11 is 0. The first-order valence-electron chi connectivity index (χ1n) is 10.6. The standard InChI is InChI=1S/C23H32N4O3S/c1-24-23(25-13-12-20-8-10-22(11-9-20)31(2,28)29)27-16-14-26(15-17-27)18-19-30-21-6-4-3-5-7-21/h3-11H,12-19H2,1-2H3,(H,24,25). The highest BCUT2D eigenvalue weighted by molar-refractivity contribution is 7.90. The first-order valence-corrected chi connectivity index (χ1v) is 12.5. The number of nitrogens with zero attached hydrogens (tertiary/aromatic N) is 3. The van der Waals surface area contributed by atoms with Gasteiger partial charge in [-0.15, -0.1) is 0 Å². The Morgan fingerprint density at radius 2 is 1.71 bits per heavy atom. The van der Waals surface area contributed by atoms with Gasteiger partial charge in [-0.2, -0.15) is 0 Å². The number of piperazine rings is 1. The Hall–Kier alpha value is -2.58. The molecule has 2 aromatic carbocycles. The zero-order valence-corrected chi connectivity index (χ0v) is 19.1. The molecule has 168 valence electrons. The Kier molecular flexibility index (Phi) is 8.31. The molecule has 0 unspecified atom stereocenters. The number of sulfone groups is 1. The lowest BCUT2D eigenvalue weighted by molar-refractivity contribution is 0.152. The topological polar surface area (TPSA) is 74.2 Å². The van der Waals surface area contributed by atoms with E-state index in [0.29, 0.717) is 11.5 Å². The van der Waals surface area contributed by atoms with E-state index < -0.39 is 9.84 Å². The zero-order chi connectivity index (χ0) is 22.1. The molecule has 31 heavy (non-hydrogen) atoms. The normalized spacial score (nSPS) is 15.7. The number of nitrogens with one attached hydrogen (secondary N) is 1. The molecule has 0 bridgehead atoms. The van der Waals surface area contributed by atoms with Crippen molar-refractivity contribution in [2.45, 2.75) is 11.3 Å². The van der Waals surface area contributed by atoms with Gasteiger partial charge in [0.15, 0.2) is 15.8 Å². The van der Waals surface area contributed by atoms with E-state index in [0.717, 1.165) is 63.0 Å². The van der Waals surface area contributed by atoms with Crippen molar-refractivity contribution in [1.29, 1.82) is 0 Å². The summed E-state index contributed by atoms with van der Waals surface area (Å²) in [6, 6.07) is 17.0. The largest absolute Gasteiger partial charge is 0.492 e. The minimum absolute atomic E-state index is 0.354. The number of benzene rings is 2. The van der Waals surface area contributed by atoms with Gasteiger partial charge in [0.25, 0.3) is 0 Å². The van der Waals surface area contributed by atoms with E-state index >= 15 is 0 Å². The van der Waals surface area contributed by atoms with Crippen molar-refractivity contribution >= 4 is 15.8 Å². The molecule has 1 aliphatic heterocycles. The van der Waals surface area contributed by atoms with Gasteiger partial charge in [-0.05, 0) is 36.2 Å². The van der Waals surface area contributed by atoms with Gasteiger partial charge in [0.1, 0.15) is 12.4 Å². The fourth-order valence-corrected chi connectivity index (χ4v) is 4.18. The van der Waals surface area contributed by atoms with Crippen molar-refractivity contribution in [3.63, 3.8) is 0 Å². The highest BCUT2D eigenvalue weighted by atomic mass is 32.2. The maximum absolute atomic E-state index is 11.6. The van der Waals surface area contributed by atoms with Gasteiger partial charge in [0.2, 0.25) is 0 Å². The molecule has 0 spiro atoms. The maximum atomic E-state index is 11.6. The summed E-state index contributed by atoms with van der Waals surface area (Å²) in [5, 5.41) is 3.43. The average molecular weight is 445 g/mol. The maximum Gasteiger partial charge on any atom is 0.193 e. The van der Waals surface area contributed by atoms with Crippen LogP contribution in [0.1, 0.15) is 5.56 Å². The minimum Gasteiger partial charge on any atom is -0.492 e. The Morgan fingerprint density at radius 1 is 1.03 bits per heavy atom. The van der Waals surface area contributed by atoms with Crippen molar-refractivity contribution in [3.05, 3.63) is 60.2 Å². The summed E-state index contributed by atoms with van der Waals surface area (Å²) < 4.78 is 28.9. The quantitative estimate of drug-likeness (QED) is 0.495. The van der Waals surface area contributed by atoms with Crippen LogP contribution < -0.4 is 10.1 Å². The lowest BCUT2D eigenvalue weighted by Crippen LogP contribution is -2.53. The molecule has 1 heterocycles. The lowest BCUT2D eigenvalue weighted by atomic mass is 10.1. The van der Waals surface area contributed by atoms with Crippen LogP contribution in [0.15, 0.2) is 64.5 Å². The fourth-order valence-electron chi connectivity index (χ4n) is 3.55. The van der Waals surface area contributed by atoms with Crippen LogP contribution in [0.4, 0.5) is 0 Å². The summed E-state index contributed by atoms with van der Waals surface area (Å²) in [6.45, 7) is 6.16. The summed E-state index contributed by atoms with van der Waals surface area (Å²) in [5.74, 6) is 1.82. The van der Waals surface area contributed by atoms with E-state index in [1.54, 1.807) is 12.1 Å². The predicted molar refractivity (Wildman–Crippen MR) is 125 cm³/mol. The van der Waals surface area contributed by atoms with E-state index in [9.17, 15) is 8.42 Å². The third-order valence-corrected chi connectivity index (χ3v) is 6.48. The molecule has 0 radical (unpaired) electrons. The number of aliphatic imine (C=N–C) groups is 1. The van der Waals surface area contributed by atoms with Crippen LogP contribution in [0.5, 0.6) is 5.75 Å². The molecule has 0 aliphatic carbocycles. The summed E-state index contributed by atoms with van der Waals surface area (Å²) in [4.78, 5) is 9.47. The van der Waals surface area contributed by atoms with Crippen LogP contribution in [-0.2, 0) is 16.3 Å². The first-order chi connectivity index (χ1) is 15.0. The highest BCUT2D eigenvalue weighted by Gasteiger charge is 2.19. The van der Waals surface area contributed by atoms with Crippen LogP contribution >= 0.6 is 0 Å². The highest BCUT2D eigenvalue weighted by Crippen LogP contribution is 2.11. The third-order valence-electron chi connectivity index (χ3n) is 5.35. The Labute approximate surface area is 185 Å². The summed E-state index contributed by atoms with van der Waals surface area (Å²) in [5.41, 5.74) is 1.10. The zero-order valence-electron chi connectivity index (χ0n) is 18.3. The molecule has 0 aromatic heterocycles. The van der Waals surface area contributed by atoms with E-state index in [2.05, 4.69) is 20.1 Å². The van der Waals surface area contributed by atoms with Crippen molar-refractivity contribution in [1.82, 2.24) is 15.1 Å². The molecule has 1 fully saturated rings. The van der Waals surface area contributed by atoms with Gasteiger partial charge in [-0.1, -0.05) is 30.3 Å². The second kappa shape index (κ2) is 11.2. The third kappa shape index (κ3) is 7.25. The summed E-state index contributed by atoms with van der Waals surface area (Å²) in [6.07, 6.45) is 2.03. The smallest absolute Gasteiger partial charge is 0.193 e. The van der Waals surface area contributed by atoms with E-state index in [1.165, 1.54) is 6.26 Å². The van der Waals surface area contributed by atoms with Gasteiger partial charge < -0.3 is 15.0 Å². The molecule has 1 saturated heterocycles. The molecule has 0 amide bonds. The van der Waals surface area contributed by atoms with Crippen LogP contribution in [0, 0.1) is 0 Å². The van der Waals surface area contributed by atoms with E-state index in [4.69, 9.17) is 4.74 Å². The first kappa shape index (κ1) is 23.1. The average Bonchev–Trinajstić information content (AvgIpc) is 2.78. The molecule has 1 N–H and O–H groups in total. The molecule has 2 aromatic rings. The van der Waals surface area contributed by atoms with E-state index in [-0.39, 0.29) is 0 Å². The number of hydrogen-bond donors (Lipinski definition) is 1. The Morgan fingerprint density at radius 3 is 2.32 bits per heavy atom. The monoisotopic (exact) mass is 444 g/mol. The van der Waals surface area contributed by atoms with Crippen molar-refractivity contribution in [3.8, 4) is 5.75 Å². The molecule has 8 heteroatoms. The second-order valence-corrected chi connectivity index (χ2v) is 9.65. The molecule has 7 nitrogen and oxygen atoms in total. The molecule has 1 aliphatic rings. The molecular weight excluding hydrogens is 412 g/mol. The SMILES string of the molecule is CN=C(NCCc1ccc(S(C)(=O)=O)cc1)N1CCN(CCOc2ccccc2)CC1. The molecule has 0 saturated carbocycles. The van der Waals surface area contributed by atoms with Gasteiger partial charge in [-0.3, -0.25) is 9.89 Å². The van der Waals surface area contributed by atoms with Crippen LogP contribution in [-0.4, -0.2) is 83.4 Å². The van der Waals surface area contributed by atoms with Crippen LogP contribution in [0.2, 0.25) is 0 Å². The van der Waals surface area contributed by atoms with Crippen molar-refractivity contribution in [2.24, 2.45) is 4.99 Å². The predicted octanol–water partition coefficient (Wildman–Crippen LogP) is 1.90. The van der Waals surface area contributed by atoms with E-state index in [1.807, 2.05) is 49.5 Å². The molecule has 3 rings (SSSR count). The second-order valence-electron chi connectivity index (χ2n) is 7.63. The Balaban J connectivity index is 1.37. The van der Waals surface area contributed by atoms with Gasteiger partial charge in [-0.25, -0.2) is 8.42 Å². The number of para-hydroxylation sites is 1. The lowest BCUT2D eigenvalue weighted by Gasteiger charge is -2.36.